The first-order chi connectivity index (χ1) is 14.3. The third kappa shape index (κ3) is 3.87. The van der Waals surface area contributed by atoms with E-state index in [1.54, 1.807) is 48.5 Å². The van der Waals surface area contributed by atoms with Crippen molar-refractivity contribution in [2.45, 2.75) is 26.3 Å². The van der Waals surface area contributed by atoms with Crippen molar-refractivity contribution in [2.75, 3.05) is 0 Å². The normalized spacial score (nSPS) is 20.8. The highest BCUT2D eigenvalue weighted by Crippen LogP contribution is 2.39. The molecule has 30 heavy (non-hydrogen) atoms. The van der Waals surface area contributed by atoms with Crippen LogP contribution in [0.25, 0.3) is 0 Å². The number of carbonyl (C=O) groups is 3. The number of halogens is 2. The standard InChI is InChI=1S/C23H20Cl2N2O3/c1-14-2-11-19-20(12-14)23(30)27(22(19)29)26(13-15-3-7-17(24)8-4-15)21(28)16-5-9-18(25)10-6-16/h2-10,19-20H,11-13H2,1H3/t19-,20-/m0/s1. The third-order valence-electron chi connectivity index (χ3n) is 5.61. The van der Waals surface area contributed by atoms with Gasteiger partial charge >= 0.3 is 0 Å². The van der Waals surface area contributed by atoms with Gasteiger partial charge in [-0.1, -0.05) is 47.0 Å². The van der Waals surface area contributed by atoms with E-state index < -0.39 is 17.7 Å². The second-order valence-corrected chi connectivity index (χ2v) is 8.56. The van der Waals surface area contributed by atoms with Crippen molar-refractivity contribution in [3.8, 4) is 0 Å². The molecule has 0 unspecified atom stereocenters. The first-order valence-corrected chi connectivity index (χ1v) is 10.5. The number of carbonyl (C=O) groups excluding carboxylic acids is 3. The summed E-state index contributed by atoms with van der Waals surface area (Å²) in [4.78, 5) is 39.8. The van der Waals surface area contributed by atoms with Crippen molar-refractivity contribution >= 4 is 40.9 Å². The molecule has 1 aliphatic carbocycles. The van der Waals surface area contributed by atoms with Gasteiger partial charge in [0.1, 0.15) is 0 Å². The van der Waals surface area contributed by atoms with Crippen LogP contribution in [0.2, 0.25) is 10.0 Å². The molecule has 7 heteroatoms. The molecule has 0 radical (unpaired) electrons. The van der Waals surface area contributed by atoms with Crippen LogP contribution < -0.4 is 0 Å². The first-order valence-electron chi connectivity index (χ1n) is 9.70. The molecule has 0 aromatic heterocycles. The average Bonchev–Trinajstić information content (AvgIpc) is 2.97. The summed E-state index contributed by atoms with van der Waals surface area (Å²) in [5, 5.41) is 3.35. The molecule has 1 saturated heterocycles. The molecule has 0 N–H and O–H groups in total. The van der Waals surface area contributed by atoms with Crippen molar-refractivity contribution in [1.29, 1.82) is 0 Å². The van der Waals surface area contributed by atoms with E-state index >= 15 is 0 Å². The minimum Gasteiger partial charge on any atom is -0.272 e. The van der Waals surface area contributed by atoms with Gasteiger partial charge in [-0.25, -0.2) is 5.01 Å². The zero-order valence-electron chi connectivity index (χ0n) is 16.3. The van der Waals surface area contributed by atoms with Gasteiger partial charge in [-0.15, -0.1) is 0 Å². The summed E-state index contributed by atoms with van der Waals surface area (Å²) in [6, 6.07) is 13.4. The lowest BCUT2D eigenvalue weighted by molar-refractivity contribution is -0.155. The van der Waals surface area contributed by atoms with E-state index in [4.69, 9.17) is 23.2 Å². The summed E-state index contributed by atoms with van der Waals surface area (Å²) in [7, 11) is 0. The number of allylic oxidation sites excluding steroid dienone is 2. The van der Waals surface area contributed by atoms with Gasteiger partial charge < -0.3 is 0 Å². The predicted molar refractivity (Wildman–Crippen MR) is 115 cm³/mol. The van der Waals surface area contributed by atoms with E-state index in [0.29, 0.717) is 28.5 Å². The van der Waals surface area contributed by atoms with Crippen molar-refractivity contribution < 1.29 is 14.4 Å². The molecule has 2 aromatic rings. The number of benzene rings is 2. The van der Waals surface area contributed by atoms with E-state index in [2.05, 4.69) is 0 Å². The Hall–Kier alpha value is -2.63. The van der Waals surface area contributed by atoms with Crippen molar-refractivity contribution in [1.82, 2.24) is 10.0 Å². The topological polar surface area (TPSA) is 57.7 Å². The lowest BCUT2D eigenvalue weighted by atomic mass is 9.82. The van der Waals surface area contributed by atoms with Crippen LogP contribution >= 0.6 is 23.2 Å². The maximum Gasteiger partial charge on any atom is 0.273 e. The molecule has 2 aliphatic rings. The molecule has 2 aromatic carbocycles. The molecular formula is C23H20Cl2N2O3. The van der Waals surface area contributed by atoms with Crippen LogP contribution in [-0.2, 0) is 16.1 Å². The number of hydrogen-bond acceptors (Lipinski definition) is 3. The van der Waals surface area contributed by atoms with Crippen LogP contribution in [0.1, 0.15) is 35.7 Å². The number of fused-ring (bicyclic) bond motifs is 1. The van der Waals surface area contributed by atoms with E-state index in [-0.39, 0.29) is 18.4 Å². The van der Waals surface area contributed by atoms with Crippen molar-refractivity contribution in [3.05, 3.63) is 81.4 Å². The molecule has 1 aliphatic heterocycles. The fourth-order valence-corrected chi connectivity index (χ4v) is 4.25. The predicted octanol–water partition coefficient (Wildman–Crippen LogP) is 4.89. The molecule has 5 nitrogen and oxygen atoms in total. The summed E-state index contributed by atoms with van der Waals surface area (Å²) >= 11 is 11.9. The van der Waals surface area contributed by atoms with Gasteiger partial charge in [0.15, 0.2) is 0 Å². The van der Waals surface area contributed by atoms with Crippen LogP contribution in [0.4, 0.5) is 0 Å². The number of imide groups is 1. The molecule has 1 heterocycles. The number of nitrogens with zero attached hydrogens (tertiary/aromatic N) is 2. The Morgan fingerprint density at radius 2 is 1.53 bits per heavy atom. The quantitative estimate of drug-likeness (QED) is 0.500. The number of hydrazine groups is 1. The molecule has 2 atom stereocenters. The smallest absolute Gasteiger partial charge is 0.272 e. The average molecular weight is 443 g/mol. The number of rotatable bonds is 4. The number of hydrogen-bond donors (Lipinski definition) is 0. The largest absolute Gasteiger partial charge is 0.273 e. The maximum atomic E-state index is 13.4. The maximum absolute atomic E-state index is 13.4. The molecule has 0 saturated carbocycles. The second-order valence-electron chi connectivity index (χ2n) is 7.69. The fourth-order valence-electron chi connectivity index (χ4n) is 4.00. The Bertz CT molecular complexity index is 1030. The summed E-state index contributed by atoms with van der Waals surface area (Å²) in [6.07, 6.45) is 3.05. The zero-order valence-corrected chi connectivity index (χ0v) is 17.9. The van der Waals surface area contributed by atoms with Gasteiger partial charge in [-0.05, 0) is 61.7 Å². The summed E-state index contributed by atoms with van der Waals surface area (Å²) < 4.78 is 0. The summed E-state index contributed by atoms with van der Waals surface area (Å²) in [5.41, 5.74) is 2.19. The molecule has 3 amide bonds. The first kappa shape index (κ1) is 20.6. The highest BCUT2D eigenvalue weighted by molar-refractivity contribution is 6.30. The van der Waals surface area contributed by atoms with Gasteiger partial charge in [0.25, 0.3) is 17.7 Å². The minimum atomic E-state index is -0.438. The molecular weight excluding hydrogens is 423 g/mol. The van der Waals surface area contributed by atoms with Crippen LogP contribution in [0.5, 0.6) is 0 Å². The van der Waals surface area contributed by atoms with Crippen molar-refractivity contribution in [2.24, 2.45) is 11.8 Å². The Morgan fingerprint density at radius 3 is 2.17 bits per heavy atom. The van der Waals surface area contributed by atoms with Gasteiger partial charge in [0, 0.05) is 15.6 Å². The SMILES string of the molecule is CC1=CC[C@@H]2C(=O)N(N(Cc3ccc(Cl)cc3)C(=O)c3ccc(Cl)cc3)C(=O)[C@H]2C1. The van der Waals surface area contributed by atoms with E-state index in [9.17, 15) is 14.4 Å². The molecule has 4 rings (SSSR count). The van der Waals surface area contributed by atoms with Crippen LogP contribution in [0.15, 0.2) is 60.2 Å². The molecule has 154 valence electrons. The lowest BCUT2D eigenvalue weighted by Gasteiger charge is -2.30. The van der Waals surface area contributed by atoms with Gasteiger partial charge in [-0.2, -0.15) is 5.01 Å². The minimum absolute atomic E-state index is 0.0714. The molecule has 1 fully saturated rings. The second kappa shape index (κ2) is 8.25. The van der Waals surface area contributed by atoms with E-state index in [1.165, 1.54) is 5.01 Å². The van der Waals surface area contributed by atoms with Crippen LogP contribution in [0, 0.1) is 11.8 Å². The Kier molecular flexibility index (Phi) is 5.67. The van der Waals surface area contributed by atoms with Crippen LogP contribution in [0.3, 0.4) is 0 Å². The van der Waals surface area contributed by atoms with Gasteiger partial charge in [0.05, 0.1) is 18.4 Å². The van der Waals surface area contributed by atoms with Gasteiger partial charge in [-0.3, -0.25) is 14.4 Å². The highest BCUT2D eigenvalue weighted by atomic mass is 35.5. The lowest BCUT2D eigenvalue weighted by Crippen LogP contribution is -2.49. The fraction of sp³-hybridized carbons (Fsp3) is 0.261. The van der Waals surface area contributed by atoms with E-state index in [1.807, 2.05) is 13.0 Å². The summed E-state index contributed by atoms with van der Waals surface area (Å²) in [5.74, 6) is -1.94. The molecule has 0 spiro atoms. The molecule has 0 bridgehead atoms. The highest BCUT2D eigenvalue weighted by Gasteiger charge is 2.51. The van der Waals surface area contributed by atoms with Gasteiger partial charge in [0.2, 0.25) is 0 Å². The Morgan fingerprint density at radius 1 is 0.967 bits per heavy atom. The van der Waals surface area contributed by atoms with Crippen molar-refractivity contribution in [3.63, 3.8) is 0 Å². The zero-order chi connectivity index (χ0) is 21.4. The third-order valence-corrected chi connectivity index (χ3v) is 6.12. The monoisotopic (exact) mass is 442 g/mol. The Labute approximate surface area is 184 Å². The van der Waals surface area contributed by atoms with Crippen LogP contribution in [-0.4, -0.2) is 27.7 Å². The summed E-state index contributed by atoms with van der Waals surface area (Å²) in [6.45, 7) is 2.03. The Balaban J connectivity index is 1.70. The van der Waals surface area contributed by atoms with E-state index in [0.717, 1.165) is 16.1 Å². The number of amides is 3.